The van der Waals surface area contributed by atoms with Gasteiger partial charge in [-0.1, -0.05) is 17.7 Å². The van der Waals surface area contributed by atoms with Crippen LogP contribution < -0.4 is 5.32 Å². The van der Waals surface area contributed by atoms with E-state index in [-0.39, 0.29) is 11.9 Å². The third-order valence-corrected chi connectivity index (χ3v) is 2.65. The summed E-state index contributed by atoms with van der Waals surface area (Å²) in [7, 11) is 0. The van der Waals surface area contributed by atoms with Crippen LogP contribution in [0.5, 0.6) is 0 Å². The Hall–Kier alpha value is -1.13. The van der Waals surface area contributed by atoms with E-state index in [1.54, 1.807) is 18.2 Å². The quantitative estimate of drug-likeness (QED) is 0.800. The minimum atomic E-state index is -0.196. The fourth-order valence-electron chi connectivity index (χ4n) is 1.65. The fourth-order valence-corrected chi connectivity index (χ4v) is 1.81. The monoisotopic (exact) mass is 240 g/mol. The van der Waals surface area contributed by atoms with E-state index >= 15 is 0 Å². The number of hydrogen-bond acceptors (Lipinski definition) is 3. The van der Waals surface area contributed by atoms with Gasteiger partial charge in [0.2, 0.25) is 0 Å². The minimum absolute atomic E-state index is 0.0852. The van der Waals surface area contributed by atoms with Gasteiger partial charge in [0.1, 0.15) is 10.8 Å². The van der Waals surface area contributed by atoms with Crippen LogP contribution in [0.25, 0.3) is 0 Å². The predicted octanol–water partition coefficient (Wildman–Crippen LogP) is 1.64. The number of halogens is 1. The first-order valence-corrected chi connectivity index (χ1v) is 5.64. The van der Waals surface area contributed by atoms with Gasteiger partial charge in [0.25, 0.3) is 5.91 Å². The van der Waals surface area contributed by atoms with Gasteiger partial charge >= 0.3 is 0 Å². The molecule has 1 unspecified atom stereocenters. The van der Waals surface area contributed by atoms with Crippen LogP contribution in [-0.2, 0) is 4.74 Å². The molecule has 1 aliphatic rings. The third kappa shape index (κ3) is 2.93. The Kier molecular flexibility index (Phi) is 3.74. The van der Waals surface area contributed by atoms with Crippen molar-refractivity contribution in [2.24, 2.45) is 0 Å². The van der Waals surface area contributed by atoms with Crippen LogP contribution in [0, 0.1) is 0 Å². The lowest BCUT2D eigenvalue weighted by molar-refractivity contribution is 0.0622. The van der Waals surface area contributed by atoms with Gasteiger partial charge < -0.3 is 10.1 Å². The molecule has 1 N–H and O–H groups in total. The Morgan fingerprint density at radius 2 is 2.44 bits per heavy atom. The molecule has 1 saturated heterocycles. The van der Waals surface area contributed by atoms with Gasteiger partial charge in [-0.15, -0.1) is 0 Å². The van der Waals surface area contributed by atoms with E-state index in [4.69, 9.17) is 16.3 Å². The number of nitrogens with one attached hydrogen (secondary N) is 1. The first kappa shape index (κ1) is 11.4. The molecule has 1 aromatic rings. The van der Waals surface area contributed by atoms with Crippen LogP contribution in [0.1, 0.15) is 23.3 Å². The summed E-state index contributed by atoms with van der Waals surface area (Å²) < 4.78 is 5.28. The van der Waals surface area contributed by atoms with Crippen LogP contribution >= 0.6 is 11.6 Å². The lowest BCUT2D eigenvalue weighted by Gasteiger charge is -2.22. The SMILES string of the molecule is O=C(NC1CCCOC1)c1cccc(Cl)n1. The summed E-state index contributed by atoms with van der Waals surface area (Å²) in [6, 6.07) is 5.08. The summed E-state index contributed by atoms with van der Waals surface area (Å²) in [5.74, 6) is -0.196. The van der Waals surface area contributed by atoms with Crippen molar-refractivity contribution in [1.82, 2.24) is 10.3 Å². The van der Waals surface area contributed by atoms with Gasteiger partial charge in [0.15, 0.2) is 0 Å². The number of pyridine rings is 1. The summed E-state index contributed by atoms with van der Waals surface area (Å²) in [4.78, 5) is 15.7. The van der Waals surface area contributed by atoms with Crippen molar-refractivity contribution in [3.05, 3.63) is 29.0 Å². The Balaban J connectivity index is 1.97. The van der Waals surface area contributed by atoms with Crippen molar-refractivity contribution in [2.45, 2.75) is 18.9 Å². The number of ether oxygens (including phenoxy) is 1. The van der Waals surface area contributed by atoms with E-state index in [0.717, 1.165) is 19.4 Å². The zero-order chi connectivity index (χ0) is 11.4. The maximum Gasteiger partial charge on any atom is 0.270 e. The molecule has 0 bridgehead atoms. The number of rotatable bonds is 2. The Morgan fingerprint density at radius 1 is 1.56 bits per heavy atom. The number of carbonyl (C=O) groups is 1. The van der Waals surface area contributed by atoms with E-state index in [0.29, 0.717) is 17.5 Å². The minimum Gasteiger partial charge on any atom is -0.379 e. The van der Waals surface area contributed by atoms with Crippen molar-refractivity contribution in [3.8, 4) is 0 Å². The van der Waals surface area contributed by atoms with Crippen LogP contribution in [0.3, 0.4) is 0 Å². The predicted molar refractivity (Wildman–Crippen MR) is 60.6 cm³/mol. The molecule has 0 spiro atoms. The zero-order valence-corrected chi connectivity index (χ0v) is 9.54. The topological polar surface area (TPSA) is 51.2 Å². The van der Waals surface area contributed by atoms with E-state index in [9.17, 15) is 4.79 Å². The number of aromatic nitrogens is 1. The molecular weight excluding hydrogens is 228 g/mol. The first-order valence-electron chi connectivity index (χ1n) is 5.27. The smallest absolute Gasteiger partial charge is 0.270 e. The van der Waals surface area contributed by atoms with Crippen LogP contribution in [0.4, 0.5) is 0 Å². The largest absolute Gasteiger partial charge is 0.379 e. The molecule has 2 rings (SSSR count). The summed E-state index contributed by atoms with van der Waals surface area (Å²) in [6.45, 7) is 1.36. The molecule has 1 aromatic heterocycles. The van der Waals surface area contributed by atoms with Crippen molar-refractivity contribution < 1.29 is 9.53 Å². The average molecular weight is 241 g/mol. The Labute approximate surface area is 99.0 Å². The molecule has 0 aliphatic carbocycles. The number of amides is 1. The second-order valence-electron chi connectivity index (χ2n) is 3.73. The third-order valence-electron chi connectivity index (χ3n) is 2.44. The van der Waals surface area contributed by atoms with Gasteiger partial charge in [0.05, 0.1) is 12.6 Å². The van der Waals surface area contributed by atoms with Crippen molar-refractivity contribution in [1.29, 1.82) is 0 Å². The number of hydrogen-bond donors (Lipinski definition) is 1. The molecule has 1 amide bonds. The van der Waals surface area contributed by atoms with Crippen LogP contribution in [0.2, 0.25) is 5.15 Å². The Bertz CT molecular complexity index is 378. The highest BCUT2D eigenvalue weighted by Crippen LogP contribution is 2.08. The average Bonchev–Trinajstić information content (AvgIpc) is 2.30. The highest BCUT2D eigenvalue weighted by atomic mass is 35.5. The van der Waals surface area contributed by atoms with Gasteiger partial charge in [-0.05, 0) is 25.0 Å². The number of carbonyl (C=O) groups excluding carboxylic acids is 1. The molecular formula is C11H13ClN2O2. The molecule has 0 radical (unpaired) electrons. The highest BCUT2D eigenvalue weighted by molar-refractivity contribution is 6.29. The van der Waals surface area contributed by atoms with Crippen LogP contribution in [0.15, 0.2) is 18.2 Å². The highest BCUT2D eigenvalue weighted by Gasteiger charge is 2.17. The number of nitrogens with zero attached hydrogens (tertiary/aromatic N) is 1. The van der Waals surface area contributed by atoms with E-state index in [1.165, 1.54) is 0 Å². The lowest BCUT2D eigenvalue weighted by Crippen LogP contribution is -2.40. The molecule has 1 atom stereocenters. The van der Waals surface area contributed by atoms with Crippen molar-refractivity contribution >= 4 is 17.5 Å². The Morgan fingerprint density at radius 3 is 3.12 bits per heavy atom. The zero-order valence-electron chi connectivity index (χ0n) is 8.78. The van der Waals surface area contributed by atoms with E-state index in [2.05, 4.69) is 10.3 Å². The molecule has 4 nitrogen and oxygen atoms in total. The first-order chi connectivity index (χ1) is 7.75. The van der Waals surface area contributed by atoms with Gasteiger partial charge in [-0.3, -0.25) is 4.79 Å². The molecule has 0 aromatic carbocycles. The normalized spacial score (nSPS) is 20.4. The van der Waals surface area contributed by atoms with Gasteiger partial charge in [0, 0.05) is 6.61 Å². The van der Waals surface area contributed by atoms with E-state index in [1.807, 2.05) is 0 Å². The molecule has 0 saturated carbocycles. The molecule has 16 heavy (non-hydrogen) atoms. The van der Waals surface area contributed by atoms with Gasteiger partial charge in [-0.2, -0.15) is 0 Å². The molecule has 1 aliphatic heterocycles. The standard InChI is InChI=1S/C11H13ClN2O2/c12-10-5-1-4-9(14-10)11(15)13-8-3-2-6-16-7-8/h1,4-5,8H,2-3,6-7H2,(H,13,15). The summed E-state index contributed by atoms with van der Waals surface area (Å²) >= 11 is 5.72. The van der Waals surface area contributed by atoms with Crippen LogP contribution in [-0.4, -0.2) is 30.1 Å². The van der Waals surface area contributed by atoms with Crippen molar-refractivity contribution in [2.75, 3.05) is 13.2 Å². The molecule has 5 heteroatoms. The molecule has 1 fully saturated rings. The second kappa shape index (κ2) is 5.27. The summed E-state index contributed by atoms with van der Waals surface area (Å²) in [5, 5.41) is 3.20. The summed E-state index contributed by atoms with van der Waals surface area (Å²) in [5.41, 5.74) is 0.345. The lowest BCUT2D eigenvalue weighted by atomic mass is 10.1. The molecule has 86 valence electrons. The maximum absolute atomic E-state index is 11.8. The fraction of sp³-hybridized carbons (Fsp3) is 0.455. The molecule has 2 heterocycles. The van der Waals surface area contributed by atoms with Crippen molar-refractivity contribution in [3.63, 3.8) is 0 Å². The maximum atomic E-state index is 11.8. The summed E-state index contributed by atoms with van der Waals surface area (Å²) in [6.07, 6.45) is 1.93. The second-order valence-corrected chi connectivity index (χ2v) is 4.12. The van der Waals surface area contributed by atoms with E-state index < -0.39 is 0 Å². The van der Waals surface area contributed by atoms with Gasteiger partial charge in [-0.25, -0.2) is 4.98 Å².